The lowest BCUT2D eigenvalue weighted by Crippen LogP contribution is -2.37. The average Bonchev–Trinajstić information content (AvgIpc) is 3.74. The number of hydrogen-bond acceptors (Lipinski definition) is 5. The van der Waals surface area contributed by atoms with Crippen LogP contribution in [0.5, 0.6) is 0 Å². The Morgan fingerprint density at radius 3 is 3.00 bits per heavy atom. The summed E-state index contributed by atoms with van der Waals surface area (Å²) in [6, 6.07) is 13.4. The Morgan fingerprint density at radius 1 is 1.28 bits per heavy atom. The fourth-order valence-corrected chi connectivity index (χ4v) is 6.05. The van der Waals surface area contributed by atoms with Gasteiger partial charge < -0.3 is 19.6 Å². The molecule has 4 atom stereocenters. The minimum absolute atomic E-state index is 0.273. The highest BCUT2D eigenvalue weighted by molar-refractivity contribution is 5.93. The number of likely N-dealkylation sites (tertiary alicyclic amines) is 1. The van der Waals surface area contributed by atoms with Crippen LogP contribution >= 0.6 is 0 Å². The second-order valence-corrected chi connectivity index (χ2v) is 10.7. The quantitative estimate of drug-likeness (QED) is 0.391. The maximum atomic E-state index is 14.2. The molecular formula is C30H29FN6O2. The highest BCUT2D eigenvalue weighted by Gasteiger charge is 2.38. The number of aromatic nitrogens is 4. The average molecular weight is 525 g/mol. The Morgan fingerprint density at radius 2 is 2.18 bits per heavy atom. The number of ether oxygens (including phenoxy) is 1. The van der Waals surface area contributed by atoms with E-state index in [2.05, 4.69) is 37.0 Å². The fourth-order valence-electron chi connectivity index (χ4n) is 6.05. The number of nitrogens with zero attached hydrogens (tertiary/aromatic N) is 4. The smallest absolute Gasteiger partial charge is 0.270 e. The number of carbonyl (C=O) groups is 1. The minimum atomic E-state index is -0.955. The molecule has 2 N–H and O–H groups in total. The number of halogens is 1. The molecule has 9 heteroatoms. The molecule has 0 aliphatic carbocycles. The van der Waals surface area contributed by atoms with Crippen molar-refractivity contribution < 1.29 is 13.9 Å². The van der Waals surface area contributed by atoms with Crippen LogP contribution in [-0.4, -0.2) is 68.3 Å². The molecule has 8 nitrogen and oxygen atoms in total. The molecule has 39 heavy (non-hydrogen) atoms. The summed E-state index contributed by atoms with van der Waals surface area (Å²) in [5.74, 6) is 6.15. The van der Waals surface area contributed by atoms with Crippen molar-refractivity contribution in [1.82, 2.24) is 29.7 Å². The third-order valence-electron chi connectivity index (χ3n) is 7.91. The molecule has 0 radical (unpaired) electrons. The monoisotopic (exact) mass is 524 g/mol. The topological polar surface area (TPSA) is 88.1 Å². The number of pyridine rings is 1. The van der Waals surface area contributed by atoms with Gasteiger partial charge in [0.25, 0.3) is 5.91 Å². The Balaban J connectivity index is 1.16. The molecule has 3 aliphatic heterocycles. The Bertz CT molecular complexity index is 1600. The normalized spacial score (nSPS) is 22.6. The van der Waals surface area contributed by atoms with E-state index in [4.69, 9.17) is 4.74 Å². The molecule has 2 bridgehead atoms. The van der Waals surface area contributed by atoms with Gasteiger partial charge in [0.1, 0.15) is 17.9 Å². The van der Waals surface area contributed by atoms with Crippen LogP contribution in [0.15, 0.2) is 48.8 Å². The number of carbonyl (C=O) groups excluding carboxylic acids is 1. The molecule has 7 rings (SSSR count). The van der Waals surface area contributed by atoms with Gasteiger partial charge in [0.2, 0.25) is 0 Å². The zero-order chi connectivity index (χ0) is 26.5. The van der Waals surface area contributed by atoms with Crippen molar-refractivity contribution in [2.24, 2.45) is 0 Å². The standard InChI is InChI=1S/C30H29FN6O2/c1-18-9-19(5-4-8-36-15-23-13-22(36)16-39-23)10-26(33-18)30(38)35-28(25-11-20-6-2-3-7-24(20)34-25)29-27-12-21(31)14-37(27)17-32-29/h2-3,6-7,9-11,17,21-23,28,34H,8,12-16H2,1H3,(H,35,38)/t21-,22+,23+,28?/m1/s1. The summed E-state index contributed by atoms with van der Waals surface area (Å²) < 4.78 is 21.8. The number of morpholine rings is 1. The minimum Gasteiger partial charge on any atom is -0.375 e. The van der Waals surface area contributed by atoms with Crippen LogP contribution in [0.1, 0.15) is 51.3 Å². The van der Waals surface area contributed by atoms with Crippen molar-refractivity contribution in [2.75, 3.05) is 19.7 Å². The van der Waals surface area contributed by atoms with E-state index in [0.717, 1.165) is 47.4 Å². The maximum absolute atomic E-state index is 14.2. The SMILES string of the molecule is Cc1cc(C#CCN2C[C@@H]3C[C@H]2CO3)cc(C(=O)NC(c2cc3ccccc3[nH]2)c2ncn3c2C[C@@H](F)C3)n1. The molecule has 3 aromatic heterocycles. The zero-order valence-electron chi connectivity index (χ0n) is 21.7. The molecule has 0 spiro atoms. The van der Waals surface area contributed by atoms with E-state index >= 15 is 0 Å². The van der Waals surface area contributed by atoms with Gasteiger partial charge in [-0.2, -0.15) is 0 Å². The number of benzene rings is 1. The molecule has 0 saturated carbocycles. The number of rotatable bonds is 5. The van der Waals surface area contributed by atoms with Gasteiger partial charge in [-0.15, -0.1) is 0 Å². The Kier molecular flexibility index (Phi) is 5.94. The summed E-state index contributed by atoms with van der Waals surface area (Å²) in [6.45, 7) is 4.53. The second kappa shape index (κ2) is 9.63. The van der Waals surface area contributed by atoms with E-state index in [1.165, 1.54) is 0 Å². The summed E-state index contributed by atoms with van der Waals surface area (Å²) in [7, 11) is 0. The molecule has 4 aromatic rings. The van der Waals surface area contributed by atoms with Crippen LogP contribution in [0.2, 0.25) is 0 Å². The molecule has 1 amide bonds. The third-order valence-corrected chi connectivity index (χ3v) is 7.91. The molecule has 3 aliphatic rings. The predicted octanol–water partition coefficient (Wildman–Crippen LogP) is 3.31. The van der Waals surface area contributed by atoms with Crippen molar-refractivity contribution in [2.45, 2.75) is 50.7 Å². The summed E-state index contributed by atoms with van der Waals surface area (Å²) in [5, 5.41) is 4.15. The van der Waals surface area contributed by atoms with E-state index in [0.29, 0.717) is 30.1 Å². The van der Waals surface area contributed by atoms with Gasteiger partial charge in [0, 0.05) is 47.2 Å². The van der Waals surface area contributed by atoms with Gasteiger partial charge in [-0.25, -0.2) is 14.4 Å². The van der Waals surface area contributed by atoms with Gasteiger partial charge in [0.15, 0.2) is 0 Å². The largest absolute Gasteiger partial charge is 0.375 e. The first-order chi connectivity index (χ1) is 19.0. The van der Waals surface area contributed by atoms with E-state index in [-0.39, 0.29) is 24.6 Å². The van der Waals surface area contributed by atoms with Gasteiger partial charge >= 0.3 is 0 Å². The number of hydrogen-bond donors (Lipinski definition) is 2. The van der Waals surface area contributed by atoms with E-state index < -0.39 is 12.2 Å². The highest BCUT2D eigenvalue weighted by Crippen LogP contribution is 2.31. The van der Waals surface area contributed by atoms with Gasteiger partial charge in [0.05, 0.1) is 37.8 Å². The van der Waals surface area contributed by atoms with Crippen LogP contribution < -0.4 is 5.32 Å². The summed E-state index contributed by atoms with van der Waals surface area (Å²) in [6.07, 6.45) is 2.40. The fraction of sp³-hybridized carbons (Fsp3) is 0.367. The van der Waals surface area contributed by atoms with Crippen molar-refractivity contribution in [3.05, 3.63) is 82.8 Å². The number of H-pyrrole nitrogens is 1. The number of amides is 1. The van der Waals surface area contributed by atoms with Crippen LogP contribution in [0, 0.1) is 18.8 Å². The van der Waals surface area contributed by atoms with Crippen molar-refractivity contribution in [3.63, 3.8) is 0 Å². The van der Waals surface area contributed by atoms with E-state index in [1.807, 2.05) is 47.9 Å². The predicted molar refractivity (Wildman–Crippen MR) is 144 cm³/mol. The van der Waals surface area contributed by atoms with Crippen LogP contribution in [-0.2, 0) is 17.7 Å². The van der Waals surface area contributed by atoms with Gasteiger partial charge in [-0.1, -0.05) is 30.0 Å². The summed E-state index contributed by atoms with van der Waals surface area (Å²) in [4.78, 5) is 28.5. The number of fused-ring (bicyclic) bond motifs is 4. The summed E-state index contributed by atoms with van der Waals surface area (Å²) in [5.41, 5.74) is 4.93. The highest BCUT2D eigenvalue weighted by atomic mass is 19.1. The molecule has 2 saturated heterocycles. The van der Waals surface area contributed by atoms with Crippen molar-refractivity contribution in [1.29, 1.82) is 0 Å². The zero-order valence-corrected chi connectivity index (χ0v) is 21.7. The maximum Gasteiger partial charge on any atom is 0.270 e. The van der Waals surface area contributed by atoms with E-state index in [1.54, 1.807) is 12.4 Å². The van der Waals surface area contributed by atoms with Crippen LogP contribution in [0.25, 0.3) is 10.9 Å². The Hall–Kier alpha value is -4.00. The molecular weight excluding hydrogens is 495 g/mol. The molecule has 1 aromatic carbocycles. The number of imidazole rings is 1. The summed E-state index contributed by atoms with van der Waals surface area (Å²) >= 11 is 0. The lowest BCUT2D eigenvalue weighted by Gasteiger charge is -2.24. The molecule has 198 valence electrons. The number of nitrogens with one attached hydrogen (secondary N) is 2. The molecule has 6 heterocycles. The van der Waals surface area contributed by atoms with Crippen molar-refractivity contribution in [3.8, 4) is 11.8 Å². The third kappa shape index (κ3) is 4.60. The lowest BCUT2D eigenvalue weighted by molar-refractivity contribution is 0.0363. The first-order valence-electron chi connectivity index (χ1n) is 13.4. The van der Waals surface area contributed by atoms with Crippen LogP contribution in [0.4, 0.5) is 4.39 Å². The van der Waals surface area contributed by atoms with Crippen molar-refractivity contribution >= 4 is 16.8 Å². The second-order valence-electron chi connectivity index (χ2n) is 10.7. The Labute approximate surface area is 225 Å². The first kappa shape index (κ1) is 24.1. The van der Waals surface area contributed by atoms with E-state index in [9.17, 15) is 9.18 Å². The number of alkyl halides is 1. The molecule has 1 unspecified atom stereocenters. The number of aromatic amines is 1. The molecule has 2 fully saturated rings. The number of aryl methyl sites for hydroxylation is 1. The van der Waals surface area contributed by atoms with Gasteiger partial charge in [-0.3, -0.25) is 9.69 Å². The number of para-hydroxylation sites is 1. The van der Waals surface area contributed by atoms with Crippen LogP contribution in [0.3, 0.4) is 0 Å². The first-order valence-corrected chi connectivity index (χ1v) is 13.4. The lowest BCUT2D eigenvalue weighted by atomic mass is 10.1. The van der Waals surface area contributed by atoms with Gasteiger partial charge in [-0.05, 0) is 43.0 Å².